The first-order valence-electron chi connectivity index (χ1n) is 3.63. The molecule has 1 saturated carbocycles. The summed E-state index contributed by atoms with van der Waals surface area (Å²) in [5, 5.41) is 0. The number of allylic oxidation sites excluding steroid dienone is 1. The van der Waals surface area contributed by atoms with E-state index >= 15 is 0 Å². The SMILES string of the molecule is CC1(C)CC1C=C(Br)Br.O=C(Cl)Cl. The van der Waals surface area contributed by atoms with Gasteiger partial charge in [-0.3, -0.25) is 4.79 Å². The Morgan fingerprint density at radius 3 is 1.85 bits per heavy atom. The van der Waals surface area contributed by atoms with Gasteiger partial charge < -0.3 is 0 Å². The number of carbonyl (C=O) groups is 1. The van der Waals surface area contributed by atoms with Crippen LogP contribution >= 0.6 is 55.1 Å². The van der Waals surface area contributed by atoms with Crippen molar-refractivity contribution in [2.24, 2.45) is 11.3 Å². The normalized spacial score (nSPS) is 22.5. The van der Waals surface area contributed by atoms with E-state index in [0.717, 1.165) is 9.31 Å². The summed E-state index contributed by atoms with van der Waals surface area (Å²) in [6.45, 7) is 4.58. The molecule has 1 fully saturated rings. The molecule has 0 saturated heterocycles. The van der Waals surface area contributed by atoms with Crippen LogP contribution in [-0.2, 0) is 0 Å². The predicted molar refractivity (Wildman–Crippen MR) is 64.9 cm³/mol. The molecular weight excluding hydrogens is 343 g/mol. The lowest BCUT2D eigenvalue weighted by atomic mass is 10.1. The Morgan fingerprint density at radius 2 is 1.77 bits per heavy atom. The Bertz CT molecular complexity index is 218. The minimum Gasteiger partial charge on any atom is -0.262 e. The molecule has 1 nitrogen and oxygen atoms in total. The van der Waals surface area contributed by atoms with Crippen molar-refractivity contribution in [1.82, 2.24) is 0 Å². The molecule has 1 unspecified atom stereocenters. The van der Waals surface area contributed by atoms with Gasteiger partial charge in [0.05, 0.1) is 3.39 Å². The largest absolute Gasteiger partial charge is 0.313 e. The molecule has 0 bridgehead atoms. The topological polar surface area (TPSA) is 17.1 Å². The molecule has 0 N–H and O–H groups in total. The average molecular weight is 353 g/mol. The van der Waals surface area contributed by atoms with Crippen molar-refractivity contribution in [2.45, 2.75) is 20.3 Å². The highest BCUT2D eigenvalue weighted by molar-refractivity contribution is 9.28. The highest BCUT2D eigenvalue weighted by Gasteiger charge is 2.43. The van der Waals surface area contributed by atoms with E-state index in [1.54, 1.807) is 0 Å². The van der Waals surface area contributed by atoms with Crippen LogP contribution in [0.3, 0.4) is 0 Å². The number of rotatable bonds is 1. The summed E-state index contributed by atoms with van der Waals surface area (Å²) in [4.78, 5) is 8.98. The Kier molecular flexibility index (Phi) is 6.16. The Hall–Kier alpha value is 0.950. The van der Waals surface area contributed by atoms with E-state index in [9.17, 15) is 0 Å². The molecule has 0 aromatic rings. The fraction of sp³-hybridized carbons (Fsp3) is 0.625. The van der Waals surface area contributed by atoms with Crippen molar-refractivity contribution in [3.05, 3.63) is 9.47 Å². The number of carbonyl (C=O) groups excluding carboxylic acids is 1. The molecule has 0 aromatic heterocycles. The summed E-state index contributed by atoms with van der Waals surface area (Å²) in [6.07, 6.45) is 3.55. The maximum absolute atomic E-state index is 8.98. The van der Waals surface area contributed by atoms with E-state index in [-0.39, 0.29) is 0 Å². The fourth-order valence-electron chi connectivity index (χ4n) is 0.944. The second-order valence-corrected chi connectivity index (χ2v) is 7.13. The van der Waals surface area contributed by atoms with E-state index in [1.165, 1.54) is 6.42 Å². The number of hydrogen-bond acceptors (Lipinski definition) is 1. The Morgan fingerprint density at radius 1 is 1.46 bits per heavy atom. The van der Waals surface area contributed by atoms with Gasteiger partial charge in [0.1, 0.15) is 0 Å². The molecule has 1 aliphatic rings. The predicted octanol–water partition coefficient (Wildman–Crippen LogP) is 5.25. The zero-order chi connectivity index (χ0) is 10.6. The molecule has 0 aromatic carbocycles. The Balaban J connectivity index is 0.000000310. The maximum atomic E-state index is 8.98. The molecule has 13 heavy (non-hydrogen) atoms. The lowest BCUT2D eigenvalue weighted by molar-refractivity contribution is 0.275. The molecule has 1 aliphatic carbocycles. The van der Waals surface area contributed by atoms with Crippen molar-refractivity contribution in [1.29, 1.82) is 0 Å². The molecular formula is C8H10Br2Cl2O. The third kappa shape index (κ3) is 7.98. The van der Waals surface area contributed by atoms with Gasteiger partial charge in [-0.05, 0) is 72.8 Å². The molecule has 0 spiro atoms. The van der Waals surface area contributed by atoms with Crippen LogP contribution in [0.15, 0.2) is 9.47 Å². The van der Waals surface area contributed by atoms with Gasteiger partial charge in [0.25, 0.3) is 0 Å². The van der Waals surface area contributed by atoms with Crippen LogP contribution in [0, 0.1) is 11.3 Å². The van der Waals surface area contributed by atoms with Crippen LogP contribution in [-0.4, -0.2) is 4.70 Å². The Labute approximate surface area is 105 Å². The van der Waals surface area contributed by atoms with Gasteiger partial charge in [0.15, 0.2) is 0 Å². The van der Waals surface area contributed by atoms with Gasteiger partial charge in [-0.2, -0.15) is 0 Å². The highest BCUT2D eigenvalue weighted by atomic mass is 79.9. The average Bonchev–Trinajstić information content (AvgIpc) is 2.34. The monoisotopic (exact) mass is 350 g/mol. The summed E-state index contributed by atoms with van der Waals surface area (Å²) in [7, 11) is 0. The van der Waals surface area contributed by atoms with E-state index in [2.05, 4.69) is 75.0 Å². The van der Waals surface area contributed by atoms with Gasteiger partial charge in [0, 0.05) is 0 Å². The zero-order valence-electron chi connectivity index (χ0n) is 7.28. The number of hydrogen-bond donors (Lipinski definition) is 0. The van der Waals surface area contributed by atoms with Gasteiger partial charge in [-0.15, -0.1) is 0 Å². The smallest absolute Gasteiger partial charge is 0.262 e. The summed E-state index contributed by atoms with van der Waals surface area (Å²) in [5.41, 5.74) is 0.562. The summed E-state index contributed by atoms with van der Waals surface area (Å²) in [6, 6.07) is 0. The summed E-state index contributed by atoms with van der Waals surface area (Å²) in [5.74, 6) is 0.784. The molecule has 0 radical (unpaired) electrons. The second kappa shape index (κ2) is 5.74. The molecule has 1 atom stereocenters. The fourth-order valence-corrected chi connectivity index (χ4v) is 1.58. The minimum absolute atomic E-state index is 0.562. The van der Waals surface area contributed by atoms with Crippen LogP contribution < -0.4 is 0 Å². The third-order valence-electron chi connectivity index (χ3n) is 1.92. The summed E-state index contributed by atoms with van der Waals surface area (Å²) >= 11 is 15.5. The maximum Gasteiger partial charge on any atom is 0.313 e. The van der Waals surface area contributed by atoms with Crippen LogP contribution in [0.25, 0.3) is 0 Å². The van der Waals surface area contributed by atoms with E-state index in [1.807, 2.05) is 0 Å². The molecule has 76 valence electrons. The van der Waals surface area contributed by atoms with Gasteiger partial charge in [0.2, 0.25) is 0 Å². The van der Waals surface area contributed by atoms with Crippen LogP contribution in [0.5, 0.6) is 0 Å². The first-order valence-corrected chi connectivity index (χ1v) is 5.97. The number of halogens is 4. The van der Waals surface area contributed by atoms with E-state index < -0.39 is 4.70 Å². The van der Waals surface area contributed by atoms with Crippen molar-refractivity contribution < 1.29 is 4.79 Å². The second-order valence-electron chi connectivity index (χ2n) is 3.48. The first kappa shape index (κ1) is 13.9. The van der Waals surface area contributed by atoms with Gasteiger partial charge >= 0.3 is 4.70 Å². The standard InChI is InChI=1S/C7H10Br2.CCl2O/c1-7(2)4-5(7)3-6(8)9;2-1(3)4/h3,5H,4H2,1-2H3;. The highest BCUT2D eigenvalue weighted by Crippen LogP contribution is 2.53. The molecule has 5 heteroatoms. The first-order chi connectivity index (χ1) is 5.75. The van der Waals surface area contributed by atoms with Crippen LogP contribution in [0.2, 0.25) is 0 Å². The zero-order valence-corrected chi connectivity index (χ0v) is 12.0. The quantitative estimate of drug-likeness (QED) is 0.589. The minimum atomic E-state index is -0.889. The van der Waals surface area contributed by atoms with Gasteiger partial charge in [-0.1, -0.05) is 19.9 Å². The molecule has 1 rings (SSSR count). The van der Waals surface area contributed by atoms with Crippen LogP contribution in [0.1, 0.15) is 20.3 Å². The molecule has 0 heterocycles. The van der Waals surface area contributed by atoms with E-state index in [4.69, 9.17) is 4.79 Å². The third-order valence-corrected chi connectivity index (χ3v) is 2.45. The summed E-state index contributed by atoms with van der Waals surface area (Å²) < 4.78 is 0.200. The van der Waals surface area contributed by atoms with Crippen molar-refractivity contribution in [3.8, 4) is 0 Å². The van der Waals surface area contributed by atoms with Crippen LogP contribution in [0.4, 0.5) is 4.79 Å². The molecule has 0 amide bonds. The van der Waals surface area contributed by atoms with Crippen molar-refractivity contribution >= 4 is 59.8 Å². The van der Waals surface area contributed by atoms with Crippen molar-refractivity contribution in [2.75, 3.05) is 0 Å². The van der Waals surface area contributed by atoms with Gasteiger partial charge in [-0.25, -0.2) is 0 Å². The van der Waals surface area contributed by atoms with Crippen molar-refractivity contribution in [3.63, 3.8) is 0 Å². The van der Waals surface area contributed by atoms with E-state index in [0.29, 0.717) is 5.41 Å². The lowest BCUT2D eigenvalue weighted by Crippen LogP contribution is -1.85. The molecule has 0 aliphatic heterocycles. The lowest BCUT2D eigenvalue weighted by Gasteiger charge is -1.95.